The van der Waals surface area contributed by atoms with Gasteiger partial charge in [-0.2, -0.15) is 0 Å². The van der Waals surface area contributed by atoms with Crippen LogP contribution in [0, 0.1) is 11.3 Å². The van der Waals surface area contributed by atoms with Gasteiger partial charge in [-0.3, -0.25) is 29.4 Å². The molecule has 2 heterocycles. The van der Waals surface area contributed by atoms with E-state index in [1.54, 1.807) is 4.90 Å². The fourth-order valence-corrected chi connectivity index (χ4v) is 7.53. The van der Waals surface area contributed by atoms with Crippen molar-refractivity contribution < 1.29 is 29.1 Å². The second-order valence-corrected chi connectivity index (χ2v) is 13.9. The lowest BCUT2D eigenvalue weighted by molar-refractivity contribution is -0.147. The smallest absolute Gasteiger partial charge is 0.305 e. The second-order valence-electron chi connectivity index (χ2n) is 13.9. The number of rotatable bonds is 17. The molecule has 8 N–H and O–H groups in total. The summed E-state index contributed by atoms with van der Waals surface area (Å²) >= 11 is 0. The maximum Gasteiger partial charge on any atom is 0.305 e. The molecule has 2 saturated heterocycles. The number of nitrogens with two attached hydrogens (primary N) is 1. The van der Waals surface area contributed by atoms with Crippen LogP contribution >= 0.6 is 0 Å². The number of aliphatic carboxylic acids is 1. The Labute approximate surface area is 309 Å². The fraction of sp³-hybridized carbons (Fsp3) is 0.400. The van der Waals surface area contributed by atoms with Crippen LogP contribution in [0.25, 0.3) is 0 Å². The van der Waals surface area contributed by atoms with Crippen molar-refractivity contribution in [2.45, 2.75) is 88.0 Å². The number of fused-ring (bicyclic) bond motifs is 1. The summed E-state index contributed by atoms with van der Waals surface area (Å²) in [5.74, 6) is -2.98. The van der Waals surface area contributed by atoms with Crippen molar-refractivity contribution in [3.8, 4) is 0 Å². The van der Waals surface area contributed by atoms with Gasteiger partial charge in [-0.1, -0.05) is 91.0 Å². The fourth-order valence-electron chi connectivity index (χ4n) is 7.53. The SMILES string of the molecule is N=C(N)NCCC[C@H](NC(=O)[C@@H]1C[C@H](Cc2ccccc2)[C@H]2CCC(NC(=O)Cc3ccccc3)C(=O)N21)C(=O)N[C@@H](CC(=O)O)Cc1ccccc1. The van der Waals surface area contributed by atoms with Gasteiger partial charge in [0, 0.05) is 18.6 Å². The van der Waals surface area contributed by atoms with Gasteiger partial charge in [-0.05, 0) is 67.6 Å². The van der Waals surface area contributed by atoms with Crippen LogP contribution in [0.4, 0.5) is 0 Å². The molecule has 2 fully saturated rings. The minimum Gasteiger partial charge on any atom is -0.481 e. The Balaban J connectivity index is 1.34. The zero-order valence-electron chi connectivity index (χ0n) is 29.7. The molecule has 2 aliphatic rings. The molecular formula is C40H49N7O6. The number of piperidine rings is 1. The number of nitrogens with one attached hydrogen (secondary N) is 5. The third kappa shape index (κ3) is 11.1. The number of nitrogens with zero attached hydrogens (tertiary/aromatic N) is 1. The van der Waals surface area contributed by atoms with Crippen LogP contribution in [-0.2, 0) is 43.2 Å². The van der Waals surface area contributed by atoms with Gasteiger partial charge < -0.3 is 37.0 Å². The van der Waals surface area contributed by atoms with Crippen molar-refractivity contribution in [2.75, 3.05) is 6.54 Å². The van der Waals surface area contributed by atoms with E-state index in [2.05, 4.69) is 21.3 Å². The number of benzene rings is 3. The normalized spacial score (nSPS) is 20.4. The minimum absolute atomic E-state index is 0.0315. The Morgan fingerprint density at radius 1 is 0.868 bits per heavy atom. The number of carbonyl (C=O) groups excluding carboxylic acids is 4. The monoisotopic (exact) mass is 723 g/mol. The van der Waals surface area contributed by atoms with E-state index in [0.29, 0.717) is 32.1 Å². The van der Waals surface area contributed by atoms with Crippen LogP contribution in [-0.4, -0.2) is 82.3 Å². The lowest BCUT2D eigenvalue weighted by Gasteiger charge is -2.39. The van der Waals surface area contributed by atoms with Crippen molar-refractivity contribution in [1.29, 1.82) is 5.41 Å². The summed E-state index contributed by atoms with van der Waals surface area (Å²) < 4.78 is 0. The number of amides is 4. The summed E-state index contributed by atoms with van der Waals surface area (Å²) in [6.07, 6.45) is 2.67. The van der Waals surface area contributed by atoms with Crippen LogP contribution in [0.2, 0.25) is 0 Å². The Bertz CT molecular complexity index is 1730. The van der Waals surface area contributed by atoms with Crippen LogP contribution < -0.4 is 27.0 Å². The highest BCUT2D eigenvalue weighted by Gasteiger charge is 2.51. The van der Waals surface area contributed by atoms with Crippen LogP contribution in [0.15, 0.2) is 91.0 Å². The lowest BCUT2D eigenvalue weighted by Crippen LogP contribution is -2.60. The van der Waals surface area contributed by atoms with E-state index >= 15 is 0 Å². The summed E-state index contributed by atoms with van der Waals surface area (Å²) in [6, 6.07) is 24.6. The largest absolute Gasteiger partial charge is 0.481 e. The summed E-state index contributed by atoms with van der Waals surface area (Å²) in [7, 11) is 0. The first-order chi connectivity index (χ1) is 25.6. The average molecular weight is 724 g/mol. The molecule has 3 aromatic rings. The van der Waals surface area contributed by atoms with Gasteiger partial charge in [0.25, 0.3) is 0 Å². The first kappa shape index (κ1) is 38.5. The van der Waals surface area contributed by atoms with E-state index < -0.39 is 42.0 Å². The highest BCUT2D eigenvalue weighted by Crippen LogP contribution is 2.39. The molecule has 13 heteroatoms. The molecule has 13 nitrogen and oxygen atoms in total. The maximum absolute atomic E-state index is 14.3. The molecule has 3 aromatic carbocycles. The molecule has 280 valence electrons. The van der Waals surface area contributed by atoms with E-state index in [9.17, 15) is 29.1 Å². The predicted octanol–water partition coefficient (Wildman–Crippen LogP) is 2.29. The summed E-state index contributed by atoms with van der Waals surface area (Å²) in [4.78, 5) is 68.7. The van der Waals surface area contributed by atoms with Gasteiger partial charge in [-0.15, -0.1) is 0 Å². The standard InChI is InChI=1S/C40H49N7O6/c41-40(42)43-20-10-17-31(37(51)44-30(25-36(49)50)22-27-13-6-2-7-14-27)46-38(52)34-24-29(21-26-11-4-1-5-12-26)33-19-18-32(39(53)47(33)34)45-35(48)23-28-15-8-3-9-16-28/h1-9,11-16,29-34H,10,17-25H2,(H,44,51)(H,45,48)(H,46,52)(H,49,50)(H4,41,42,43)/t29-,30+,31-,32?,33+,34-/m0/s1. The van der Waals surface area contributed by atoms with E-state index in [4.69, 9.17) is 11.1 Å². The Hall–Kier alpha value is -5.72. The Kier molecular flexibility index (Phi) is 13.6. The number of hydrogen-bond acceptors (Lipinski definition) is 6. The van der Waals surface area contributed by atoms with Crippen LogP contribution in [0.5, 0.6) is 0 Å². The lowest BCUT2D eigenvalue weighted by atomic mass is 9.86. The van der Waals surface area contributed by atoms with E-state index in [0.717, 1.165) is 16.7 Å². The minimum atomic E-state index is -1.08. The van der Waals surface area contributed by atoms with Crippen molar-refractivity contribution in [2.24, 2.45) is 11.7 Å². The molecule has 2 aliphatic heterocycles. The van der Waals surface area contributed by atoms with Gasteiger partial charge in [0.05, 0.1) is 12.8 Å². The second kappa shape index (κ2) is 18.7. The third-order valence-electron chi connectivity index (χ3n) is 9.96. The number of carboxylic acids is 1. The number of carbonyl (C=O) groups is 5. The topological polar surface area (TPSA) is 207 Å². The van der Waals surface area contributed by atoms with Gasteiger partial charge >= 0.3 is 5.97 Å². The molecule has 6 atom stereocenters. The van der Waals surface area contributed by atoms with Crippen molar-refractivity contribution >= 4 is 35.6 Å². The highest BCUT2D eigenvalue weighted by atomic mass is 16.4. The Morgan fingerprint density at radius 2 is 1.49 bits per heavy atom. The van der Waals surface area contributed by atoms with Gasteiger partial charge in [0.2, 0.25) is 23.6 Å². The van der Waals surface area contributed by atoms with Crippen molar-refractivity contribution in [3.05, 3.63) is 108 Å². The first-order valence-corrected chi connectivity index (χ1v) is 18.2. The van der Waals surface area contributed by atoms with E-state index in [1.807, 2.05) is 91.0 Å². The van der Waals surface area contributed by atoms with E-state index in [1.165, 1.54) is 0 Å². The predicted molar refractivity (Wildman–Crippen MR) is 199 cm³/mol. The molecule has 1 unspecified atom stereocenters. The summed E-state index contributed by atoms with van der Waals surface area (Å²) in [5, 5.41) is 28.5. The molecule has 0 spiro atoms. The number of guanidine groups is 1. The zero-order valence-corrected chi connectivity index (χ0v) is 29.7. The summed E-state index contributed by atoms with van der Waals surface area (Å²) in [5.41, 5.74) is 8.20. The average Bonchev–Trinajstić information content (AvgIpc) is 3.50. The van der Waals surface area contributed by atoms with Crippen molar-refractivity contribution in [1.82, 2.24) is 26.2 Å². The first-order valence-electron chi connectivity index (χ1n) is 18.2. The van der Waals surface area contributed by atoms with Crippen LogP contribution in [0.1, 0.15) is 55.2 Å². The molecule has 0 saturated carbocycles. The number of hydrogen-bond donors (Lipinski definition) is 7. The molecular weight excluding hydrogens is 674 g/mol. The van der Waals surface area contributed by atoms with E-state index in [-0.39, 0.29) is 62.0 Å². The van der Waals surface area contributed by atoms with Gasteiger partial charge in [0.1, 0.15) is 18.1 Å². The molecule has 0 aliphatic carbocycles. The molecule has 5 rings (SSSR count). The quantitative estimate of drug-likeness (QED) is 0.0624. The maximum atomic E-state index is 14.3. The number of carboxylic acid groups (broad SMARTS) is 1. The molecule has 0 bridgehead atoms. The molecule has 0 radical (unpaired) electrons. The van der Waals surface area contributed by atoms with Crippen LogP contribution in [0.3, 0.4) is 0 Å². The highest BCUT2D eigenvalue weighted by molar-refractivity contribution is 5.95. The Morgan fingerprint density at radius 3 is 2.11 bits per heavy atom. The molecule has 0 aromatic heterocycles. The van der Waals surface area contributed by atoms with Gasteiger partial charge in [0.15, 0.2) is 5.96 Å². The summed E-state index contributed by atoms with van der Waals surface area (Å²) in [6.45, 7) is 0.275. The van der Waals surface area contributed by atoms with Crippen molar-refractivity contribution in [3.63, 3.8) is 0 Å². The molecule has 53 heavy (non-hydrogen) atoms. The van der Waals surface area contributed by atoms with Gasteiger partial charge in [-0.25, -0.2) is 0 Å². The molecule has 4 amide bonds. The zero-order chi connectivity index (χ0) is 37.7. The third-order valence-corrected chi connectivity index (χ3v) is 9.96.